The summed E-state index contributed by atoms with van der Waals surface area (Å²) in [6, 6.07) is 9.09. The van der Waals surface area contributed by atoms with E-state index >= 15 is 0 Å². The lowest BCUT2D eigenvalue weighted by Crippen LogP contribution is -2.54. The van der Waals surface area contributed by atoms with Crippen LogP contribution in [0.3, 0.4) is 0 Å². The van der Waals surface area contributed by atoms with E-state index in [0.29, 0.717) is 27.2 Å². The van der Waals surface area contributed by atoms with E-state index in [-0.39, 0.29) is 10.7 Å². The van der Waals surface area contributed by atoms with Crippen molar-refractivity contribution >= 4 is 56.8 Å². The van der Waals surface area contributed by atoms with E-state index in [4.69, 9.17) is 21.7 Å². The number of amides is 2. The fourth-order valence-corrected chi connectivity index (χ4v) is 4.02. The van der Waals surface area contributed by atoms with Gasteiger partial charge in [-0.15, -0.1) is 0 Å². The van der Waals surface area contributed by atoms with Gasteiger partial charge in [0.25, 0.3) is 11.8 Å². The number of ether oxygens (including phenoxy) is 2. The number of carbonyl (C=O) groups excluding carboxylic acids is 2. The zero-order valence-electron chi connectivity index (χ0n) is 16.3. The number of thiocarbonyl (C=S) groups is 1. The Morgan fingerprint density at radius 2 is 1.83 bits per heavy atom. The quantitative estimate of drug-likeness (QED) is 0.413. The van der Waals surface area contributed by atoms with Crippen LogP contribution in [0.15, 0.2) is 40.4 Å². The zero-order chi connectivity index (χ0) is 21.3. The second kappa shape index (κ2) is 8.34. The predicted molar refractivity (Wildman–Crippen MR) is 119 cm³/mol. The normalized spacial score (nSPS) is 15.6. The largest absolute Gasteiger partial charge is 0.493 e. The van der Waals surface area contributed by atoms with E-state index in [1.165, 1.54) is 25.2 Å². The predicted octanol–water partition coefficient (Wildman–Crippen LogP) is 3.91. The first-order chi connectivity index (χ1) is 13.8. The van der Waals surface area contributed by atoms with Gasteiger partial charge >= 0.3 is 0 Å². The minimum Gasteiger partial charge on any atom is -0.493 e. The van der Waals surface area contributed by atoms with Crippen molar-refractivity contribution in [2.45, 2.75) is 13.8 Å². The molecule has 0 unspecified atom stereocenters. The highest BCUT2D eigenvalue weighted by atomic mass is 79.9. The van der Waals surface area contributed by atoms with Gasteiger partial charge in [0.2, 0.25) is 0 Å². The van der Waals surface area contributed by atoms with Crippen molar-refractivity contribution in [1.29, 1.82) is 0 Å². The molecule has 1 fully saturated rings. The molecule has 0 radical (unpaired) electrons. The molecule has 1 aliphatic heterocycles. The summed E-state index contributed by atoms with van der Waals surface area (Å²) in [5.74, 6) is -0.0464. The number of aryl methyl sites for hydroxylation is 2. The van der Waals surface area contributed by atoms with Crippen molar-refractivity contribution in [3.05, 3.63) is 57.1 Å². The smallest absolute Gasteiger partial charge is 0.270 e. The van der Waals surface area contributed by atoms with Crippen LogP contribution in [-0.2, 0) is 9.59 Å². The van der Waals surface area contributed by atoms with Crippen LogP contribution >= 0.6 is 28.1 Å². The number of methoxy groups -OCH3 is 2. The van der Waals surface area contributed by atoms with Crippen molar-refractivity contribution in [2.24, 2.45) is 0 Å². The third-order valence-corrected chi connectivity index (χ3v) is 5.34. The first-order valence-electron chi connectivity index (χ1n) is 8.67. The van der Waals surface area contributed by atoms with Gasteiger partial charge in [0, 0.05) is 0 Å². The highest BCUT2D eigenvalue weighted by molar-refractivity contribution is 9.10. The van der Waals surface area contributed by atoms with Gasteiger partial charge in [0.15, 0.2) is 16.6 Å². The molecular weight excluding hydrogens is 456 g/mol. The summed E-state index contributed by atoms with van der Waals surface area (Å²) in [4.78, 5) is 27.0. The molecule has 3 rings (SSSR count). The van der Waals surface area contributed by atoms with E-state index < -0.39 is 11.8 Å². The van der Waals surface area contributed by atoms with Gasteiger partial charge in [-0.2, -0.15) is 0 Å². The highest BCUT2D eigenvalue weighted by Crippen LogP contribution is 2.37. The van der Waals surface area contributed by atoms with E-state index in [1.807, 2.05) is 32.0 Å². The molecule has 150 valence electrons. The first-order valence-corrected chi connectivity index (χ1v) is 9.87. The third kappa shape index (κ3) is 4.04. The van der Waals surface area contributed by atoms with Crippen LogP contribution in [0.2, 0.25) is 0 Å². The number of hydrogen-bond acceptors (Lipinski definition) is 5. The molecule has 1 N–H and O–H groups in total. The van der Waals surface area contributed by atoms with Crippen LogP contribution < -0.4 is 19.7 Å². The Labute approximate surface area is 182 Å². The van der Waals surface area contributed by atoms with Crippen LogP contribution in [-0.4, -0.2) is 31.1 Å². The number of benzene rings is 2. The number of carbonyl (C=O) groups is 2. The van der Waals surface area contributed by atoms with E-state index in [2.05, 4.69) is 21.2 Å². The van der Waals surface area contributed by atoms with Crippen molar-refractivity contribution < 1.29 is 19.1 Å². The number of nitrogens with zero attached hydrogens (tertiary/aromatic N) is 1. The summed E-state index contributed by atoms with van der Waals surface area (Å²) in [6.45, 7) is 3.86. The average Bonchev–Trinajstić information content (AvgIpc) is 2.66. The van der Waals surface area contributed by atoms with Crippen LogP contribution in [0, 0.1) is 13.8 Å². The Morgan fingerprint density at radius 3 is 2.45 bits per heavy atom. The third-order valence-electron chi connectivity index (χ3n) is 4.46. The van der Waals surface area contributed by atoms with Gasteiger partial charge in [0.1, 0.15) is 5.57 Å². The molecule has 2 amide bonds. The number of anilines is 1. The van der Waals surface area contributed by atoms with Gasteiger partial charge < -0.3 is 9.47 Å². The molecule has 29 heavy (non-hydrogen) atoms. The number of rotatable bonds is 4. The van der Waals surface area contributed by atoms with Crippen molar-refractivity contribution in [1.82, 2.24) is 5.32 Å². The van der Waals surface area contributed by atoms with E-state index in [9.17, 15) is 9.59 Å². The second-order valence-corrected chi connectivity index (χ2v) is 7.73. The minimum absolute atomic E-state index is 0.0299. The summed E-state index contributed by atoms with van der Waals surface area (Å²) in [7, 11) is 3.04. The maximum Gasteiger partial charge on any atom is 0.270 e. The molecule has 2 aromatic carbocycles. The first kappa shape index (κ1) is 21.0. The van der Waals surface area contributed by atoms with Gasteiger partial charge in [0.05, 0.1) is 24.4 Å². The SMILES string of the molecule is COc1cc(/C=C2/C(=O)NC(=S)N(c3ccc(C)cc3C)C2=O)cc(Br)c1OC. The summed E-state index contributed by atoms with van der Waals surface area (Å²) < 4.78 is 11.3. The van der Waals surface area contributed by atoms with Crippen LogP contribution in [0.25, 0.3) is 6.08 Å². The standard InChI is InChI=1S/C21H19BrN2O4S/c1-11-5-6-16(12(2)7-11)24-20(26)14(19(25)23-21(24)29)8-13-9-15(22)18(28-4)17(10-13)27-3/h5-10H,1-4H3,(H,23,25,29)/b14-8-. The molecule has 0 aliphatic carbocycles. The molecule has 0 aromatic heterocycles. The van der Waals surface area contributed by atoms with Gasteiger partial charge in [-0.05, 0) is 77.4 Å². The molecule has 0 spiro atoms. The van der Waals surface area contributed by atoms with Crippen LogP contribution in [0.5, 0.6) is 11.5 Å². The molecule has 0 saturated carbocycles. The maximum atomic E-state index is 13.2. The second-order valence-electron chi connectivity index (χ2n) is 6.49. The number of hydrogen-bond donors (Lipinski definition) is 1. The zero-order valence-corrected chi connectivity index (χ0v) is 18.7. The Hall–Kier alpha value is -2.71. The molecule has 0 bridgehead atoms. The fraction of sp³-hybridized carbons (Fsp3) is 0.190. The Bertz CT molecular complexity index is 1060. The van der Waals surface area contributed by atoms with E-state index in [1.54, 1.807) is 12.1 Å². The molecule has 2 aromatic rings. The monoisotopic (exact) mass is 474 g/mol. The van der Waals surface area contributed by atoms with Crippen molar-refractivity contribution in [3.8, 4) is 11.5 Å². The molecule has 1 aliphatic rings. The van der Waals surface area contributed by atoms with Gasteiger partial charge in [-0.1, -0.05) is 17.7 Å². The summed E-state index contributed by atoms with van der Waals surface area (Å²) in [5.41, 5.74) is 3.14. The molecular formula is C21H19BrN2O4S. The molecule has 1 saturated heterocycles. The van der Waals surface area contributed by atoms with Crippen LogP contribution in [0.4, 0.5) is 5.69 Å². The molecule has 8 heteroatoms. The minimum atomic E-state index is -0.549. The van der Waals surface area contributed by atoms with Crippen molar-refractivity contribution in [3.63, 3.8) is 0 Å². The van der Waals surface area contributed by atoms with Gasteiger partial charge in [-0.3, -0.25) is 19.8 Å². The topological polar surface area (TPSA) is 67.9 Å². The fourth-order valence-electron chi connectivity index (χ4n) is 3.12. The number of nitrogens with one attached hydrogen (secondary N) is 1. The average molecular weight is 475 g/mol. The van der Waals surface area contributed by atoms with Crippen molar-refractivity contribution in [2.75, 3.05) is 19.1 Å². The van der Waals surface area contributed by atoms with E-state index in [0.717, 1.165) is 11.1 Å². The Morgan fingerprint density at radius 1 is 1.10 bits per heavy atom. The number of halogens is 1. The maximum absolute atomic E-state index is 13.2. The highest BCUT2D eigenvalue weighted by Gasteiger charge is 2.35. The summed E-state index contributed by atoms with van der Waals surface area (Å²) in [6.07, 6.45) is 1.50. The lowest BCUT2D eigenvalue weighted by molar-refractivity contribution is -0.122. The Kier molecular flexibility index (Phi) is 6.04. The lowest BCUT2D eigenvalue weighted by atomic mass is 10.0. The Balaban J connectivity index is 2.07. The lowest BCUT2D eigenvalue weighted by Gasteiger charge is -2.30. The van der Waals surface area contributed by atoms with Crippen LogP contribution in [0.1, 0.15) is 16.7 Å². The molecule has 0 atom stereocenters. The molecule has 1 heterocycles. The summed E-state index contributed by atoms with van der Waals surface area (Å²) >= 11 is 8.69. The summed E-state index contributed by atoms with van der Waals surface area (Å²) in [5, 5.41) is 2.65. The molecule has 6 nitrogen and oxygen atoms in total. The van der Waals surface area contributed by atoms with Gasteiger partial charge in [-0.25, -0.2) is 0 Å².